The summed E-state index contributed by atoms with van der Waals surface area (Å²) in [4.78, 5) is 14.6. The number of rotatable bonds is 6. The molecule has 0 spiro atoms. The zero-order valence-corrected chi connectivity index (χ0v) is 11.1. The molecule has 1 amide bonds. The number of allylic oxidation sites excluding steroid dienone is 1. The molecule has 0 fully saturated rings. The molecule has 0 aliphatic rings. The quantitative estimate of drug-likeness (QED) is 0.467. The highest BCUT2D eigenvalue weighted by Crippen LogP contribution is 2.09. The predicted octanol–water partition coefficient (Wildman–Crippen LogP) is 2.94. The summed E-state index contributed by atoms with van der Waals surface area (Å²) < 4.78 is 0. The van der Waals surface area contributed by atoms with Crippen LogP contribution in [-0.4, -0.2) is 24.4 Å². The summed E-state index contributed by atoms with van der Waals surface area (Å²) in [6, 6.07) is 7.70. The Hall–Kier alpha value is -1.22. The number of thiol groups is 1. The van der Waals surface area contributed by atoms with Crippen molar-refractivity contribution in [2.45, 2.75) is 24.2 Å². The Kier molecular flexibility index (Phi) is 5.84. The number of amides is 1. The molecule has 1 aromatic rings. The fourth-order valence-corrected chi connectivity index (χ4v) is 1.67. The first-order chi connectivity index (χ1) is 8.13. The SMILES string of the molecule is C=CCCCN(C)C(=O)Cc1ccc(S)cc1. The van der Waals surface area contributed by atoms with Gasteiger partial charge >= 0.3 is 0 Å². The summed E-state index contributed by atoms with van der Waals surface area (Å²) in [5.74, 6) is 0.154. The minimum atomic E-state index is 0.154. The first kappa shape index (κ1) is 13.8. The van der Waals surface area contributed by atoms with Crippen LogP contribution < -0.4 is 0 Å². The number of unbranched alkanes of at least 4 members (excludes halogenated alkanes) is 1. The lowest BCUT2D eigenvalue weighted by molar-refractivity contribution is -0.129. The van der Waals surface area contributed by atoms with Gasteiger partial charge in [-0.2, -0.15) is 0 Å². The molecule has 0 saturated carbocycles. The minimum Gasteiger partial charge on any atom is -0.345 e. The lowest BCUT2D eigenvalue weighted by Gasteiger charge is -2.16. The van der Waals surface area contributed by atoms with Gasteiger partial charge in [0, 0.05) is 18.5 Å². The molecule has 3 heteroatoms. The van der Waals surface area contributed by atoms with E-state index < -0.39 is 0 Å². The zero-order valence-electron chi connectivity index (χ0n) is 10.2. The van der Waals surface area contributed by atoms with Crippen LogP contribution in [0.3, 0.4) is 0 Å². The molecular formula is C14H19NOS. The fourth-order valence-electron chi connectivity index (χ4n) is 1.52. The summed E-state index contributed by atoms with van der Waals surface area (Å²) in [5.41, 5.74) is 1.03. The van der Waals surface area contributed by atoms with Gasteiger partial charge in [-0.25, -0.2) is 0 Å². The maximum absolute atomic E-state index is 11.9. The second-order valence-corrected chi connectivity index (χ2v) is 4.61. The van der Waals surface area contributed by atoms with E-state index in [1.165, 1.54) is 0 Å². The average Bonchev–Trinajstić information content (AvgIpc) is 2.32. The van der Waals surface area contributed by atoms with Crippen LogP contribution in [0.2, 0.25) is 0 Å². The van der Waals surface area contributed by atoms with Crippen molar-refractivity contribution in [1.29, 1.82) is 0 Å². The van der Waals surface area contributed by atoms with Crippen LogP contribution in [0.25, 0.3) is 0 Å². The largest absolute Gasteiger partial charge is 0.345 e. The standard InChI is InChI=1S/C14H19NOS/c1-3-4-5-10-15(2)14(16)11-12-6-8-13(17)9-7-12/h3,6-9,17H,1,4-5,10-11H2,2H3. The van der Waals surface area contributed by atoms with Crippen molar-refractivity contribution in [1.82, 2.24) is 4.90 Å². The molecule has 0 aromatic heterocycles. The van der Waals surface area contributed by atoms with Crippen LogP contribution >= 0.6 is 12.6 Å². The van der Waals surface area contributed by atoms with Gasteiger partial charge in [0.05, 0.1) is 6.42 Å². The number of hydrogen-bond acceptors (Lipinski definition) is 2. The van der Waals surface area contributed by atoms with Gasteiger partial charge in [-0.3, -0.25) is 4.79 Å². The van der Waals surface area contributed by atoms with E-state index in [4.69, 9.17) is 0 Å². The van der Waals surface area contributed by atoms with Gasteiger partial charge in [-0.15, -0.1) is 19.2 Å². The Morgan fingerprint density at radius 3 is 2.65 bits per heavy atom. The van der Waals surface area contributed by atoms with E-state index in [1.807, 2.05) is 37.4 Å². The molecule has 0 radical (unpaired) electrons. The highest BCUT2D eigenvalue weighted by Gasteiger charge is 2.08. The third-order valence-electron chi connectivity index (χ3n) is 2.62. The molecule has 17 heavy (non-hydrogen) atoms. The van der Waals surface area contributed by atoms with Gasteiger partial charge in [-0.05, 0) is 30.5 Å². The maximum atomic E-state index is 11.9. The van der Waals surface area contributed by atoms with E-state index in [9.17, 15) is 4.79 Å². The maximum Gasteiger partial charge on any atom is 0.226 e. The van der Waals surface area contributed by atoms with Crippen molar-refractivity contribution in [3.63, 3.8) is 0 Å². The van der Waals surface area contributed by atoms with Crippen LogP contribution in [-0.2, 0) is 11.2 Å². The van der Waals surface area contributed by atoms with Crippen molar-refractivity contribution < 1.29 is 4.79 Å². The Bertz CT molecular complexity index is 372. The summed E-state index contributed by atoms with van der Waals surface area (Å²) >= 11 is 4.21. The Morgan fingerprint density at radius 2 is 2.06 bits per heavy atom. The topological polar surface area (TPSA) is 20.3 Å². The molecule has 1 aromatic carbocycles. The van der Waals surface area contributed by atoms with Gasteiger partial charge in [-0.1, -0.05) is 18.2 Å². The number of nitrogens with zero attached hydrogens (tertiary/aromatic N) is 1. The highest BCUT2D eigenvalue weighted by atomic mass is 32.1. The van der Waals surface area contributed by atoms with E-state index in [-0.39, 0.29) is 5.91 Å². The second kappa shape index (κ2) is 7.17. The lowest BCUT2D eigenvalue weighted by Crippen LogP contribution is -2.29. The third-order valence-corrected chi connectivity index (χ3v) is 2.92. The monoisotopic (exact) mass is 249 g/mol. The van der Waals surface area contributed by atoms with Gasteiger partial charge in [0.15, 0.2) is 0 Å². The fraction of sp³-hybridized carbons (Fsp3) is 0.357. The Morgan fingerprint density at radius 1 is 1.41 bits per heavy atom. The highest BCUT2D eigenvalue weighted by molar-refractivity contribution is 7.80. The van der Waals surface area contributed by atoms with Gasteiger partial charge in [0.1, 0.15) is 0 Å². The summed E-state index contributed by atoms with van der Waals surface area (Å²) in [5, 5.41) is 0. The van der Waals surface area contributed by atoms with Crippen LogP contribution in [0.1, 0.15) is 18.4 Å². The number of benzene rings is 1. The van der Waals surface area contributed by atoms with Crippen molar-refractivity contribution in [2.75, 3.05) is 13.6 Å². The number of likely N-dealkylation sites (N-methyl/N-ethyl adjacent to an activating group) is 1. The summed E-state index contributed by atoms with van der Waals surface area (Å²) in [6.07, 6.45) is 4.26. The number of carbonyl (C=O) groups excluding carboxylic acids is 1. The second-order valence-electron chi connectivity index (χ2n) is 4.09. The van der Waals surface area contributed by atoms with Crippen LogP contribution in [0, 0.1) is 0 Å². The van der Waals surface area contributed by atoms with Gasteiger partial charge in [0.2, 0.25) is 5.91 Å². The summed E-state index contributed by atoms with van der Waals surface area (Å²) in [6.45, 7) is 4.45. The normalized spacial score (nSPS) is 10.0. The molecule has 0 unspecified atom stereocenters. The van der Waals surface area contributed by atoms with Gasteiger partial charge in [0.25, 0.3) is 0 Å². The van der Waals surface area contributed by atoms with Crippen molar-refractivity contribution >= 4 is 18.5 Å². The molecule has 92 valence electrons. The molecule has 1 rings (SSSR count). The van der Waals surface area contributed by atoms with Crippen LogP contribution in [0.4, 0.5) is 0 Å². The van der Waals surface area contributed by atoms with E-state index >= 15 is 0 Å². The smallest absolute Gasteiger partial charge is 0.226 e. The summed E-state index contributed by atoms with van der Waals surface area (Å²) in [7, 11) is 1.85. The molecule has 0 saturated heterocycles. The number of hydrogen-bond donors (Lipinski definition) is 1. The van der Waals surface area contributed by atoms with Gasteiger partial charge < -0.3 is 4.90 Å². The molecule has 0 atom stereocenters. The zero-order chi connectivity index (χ0) is 12.7. The molecule has 0 aliphatic heterocycles. The first-order valence-electron chi connectivity index (χ1n) is 5.76. The van der Waals surface area contributed by atoms with Crippen molar-refractivity contribution in [3.05, 3.63) is 42.5 Å². The van der Waals surface area contributed by atoms with E-state index in [2.05, 4.69) is 19.2 Å². The first-order valence-corrected chi connectivity index (χ1v) is 6.21. The average molecular weight is 249 g/mol. The molecular weight excluding hydrogens is 230 g/mol. The van der Waals surface area contributed by atoms with E-state index in [1.54, 1.807) is 4.90 Å². The predicted molar refractivity (Wildman–Crippen MR) is 74.5 cm³/mol. The molecule has 2 nitrogen and oxygen atoms in total. The molecule has 0 aliphatic carbocycles. The lowest BCUT2D eigenvalue weighted by atomic mass is 10.1. The Labute approximate surface area is 109 Å². The molecule has 0 bridgehead atoms. The van der Waals surface area contributed by atoms with E-state index in [0.717, 1.165) is 29.8 Å². The Balaban J connectivity index is 2.42. The third kappa shape index (κ3) is 5.09. The molecule has 0 heterocycles. The van der Waals surface area contributed by atoms with Crippen LogP contribution in [0.15, 0.2) is 41.8 Å². The van der Waals surface area contributed by atoms with Crippen LogP contribution in [0.5, 0.6) is 0 Å². The number of carbonyl (C=O) groups is 1. The minimum absolute atomic E-state index is 0.154. The van der Waals surface area contributed by atoms with Crippen molar-refractivity contribution in [3.8, 4) is 0 Å². The van der Waals surface area contributed by atoms with E-state index in [0.29, 0.717) is 6.42 Å². The molecule has 0 N–H and O–H groups in total. The van der Waals surface area contributed by atoms with Crippen molar-refractivity contribution in [2.24, 2.45) is 0 Å².